The van der Waals surface area contributed by atoms with Crippen molar-refractivity contribution < 1.29 is 14.3 Å². The van der Waals surface area contributed by atoms with E-state index in [0.717, 1.165) is 5.56 Å². The third kappa shape index (κ3) is 8.48. The molecule has 1 aromatic rings. The van der Waals surface area contributed by atoms with Gasteiger partial charge in [-0.2, -0.15) is 0 Å². The number of nitrogens with one attached hydrogen (secondary N) is 1. The van der Waals surface area contributed by atoms with Crippen molar-refractivity contribution in [1.29, 1.82) is 0 Å². The van der Waals surface area contributed by atoms with Gasteiger partial charge in [0.05, 0.1) is 0 Å². The zero-order valence-electron chi connectivity index (χ0n) is 12.4. The summed E-state index contributed by atoms with van der Waals surface area (Å²) in [7, 11) is 0. The van der Waals surface area contributed by atoms with Gasteiger partial charge in [-0.05, 0) is 18.9 Å². The lowest BCUT2D eigenvalue weighted by molar-refractivity contribution is -0.119. The summed E-state index contributed by atoms with van der Waals surface area (Å²) in [6.45, 7) is 2.45. The molecule has 0 atom stereocenters. The van der Waals surface area contributed by atoms with Crippen LogP contribution in [-0.4, -0.2) is 18.4 Å². The third-order valence-electron chi connectivity index (χ3n) is 2.82. The lowest BCUT2D eigenvalue weighted by atomic mass is 10.1. The van der Waals surface area contributed by atoms with Crippen molar-refractivity contribution in [1.82, 2.24) is 5.32 Å². The molecule has 1 rings (SSSR count). The zero-order valence-corrected chi connectivity index (χ0v) is 12.4. The van der Waals surface area contributed by atoms with Crippen LogP contribution in [0.15, 0.2) is 30.3 Å². The minimum atomic E-state index is -0.455. The van der Waals surface area contributed by atoms with Crippen molar-refractivity contribution in [2.75, 3.05) is 6.54 Å². The Hall–Kier alpha value is -2.28. The Morgan fingerprint density at radius 2 is 1.95 bits per heavy atom. The van der Waals surface area contributed by atoms with Crippen LogP contribution in [0, 0.1) is 11.8 Å². The molecule has 4 heteroatoms. The second-order valence-electron chi connectivity index (χ2n) is 4.56. The molecule has 0 unspecified atom stereocenters. The van der Waals surface area contributed by atoms with Gasteiger partial charge in [-0.1, -0.05) is 30.3 Å². The highest BCUT2D eigenvalue weighted by molar-refractivity contribution is 5.78. The Bertz CT molecular complexity index is 500. The molecule has 0 bridgehead atoms. The summed E-state index contributed by atoms with van der Waals surface area (Å²) in [4.78, 5) is 22.9. The van der Waals surface area contributed by atoms with Gasteiger partial charge in [0.15, 0.2) is 0 Å². The fraction of sp³-hybridized carbons (Fsp3) is 0.412. The molecule has 0 aromatic heterocycles. The number of amides is 1. The van der Waals surface area contributed by atoms with Crippen LogP contribution in [0.1, 0.15) is 38.2 Å². The van der Waals surface area contributed by atoms with Crippen molar-refractivity contribution in [2.45, 2.75) is 39.2 Å². The highest BCUT2D eigenvalue weighted by Gasteiger charge is 2.04. The normalized spacial score (nSPS) is 9.38. The fourth-order valence-electron chi connectivity index (χ4n) is 1.70. The van der Waals surface area contributed by atoms with Crippen LogP contribution in [0.4, 0.5) is 4.79 Å². The molecule has 0 radical (unpaired) electrons. The monoisotopic (exact) mass is 287 g/mol. The predicted octanol–water partition coefficient (Wildman–Crippen LogP) is 3.07. The first kappa shape index (κ1) is 16.8. The molecule has 0 spiro atoms. The van der Waals surface area contributed by atoms with E-state index < -0.39 is 6.09 Å². The molecule has 0 aliphatic rings. The maximum atomic E-state index is 11.5. The van der Waals surface area contributed by atoms with Gasteiger partial charge in [0.2, 0.25) is 0 Å². The number of hydrogen-bond donors (Lipinski definition) is 1. The van der Waals surface area contributed by atoms with Gasteiger partial charge < -0.3 is 10.1 Å². The summed E-state index contributed by atoms with van der Waals surface area (Å²) in [5, 5.41) is 2.63. The largest absolute Gasteiger partial charge is 0.445 e. The van der Waals surface area contributed by atoms with Crippen molar-refractivity contribution >= 4 is 11.9 Å². The minimum Gasteiger partial charge on any atom is -0.445 e. The molecule has 21 heavy (non-hydrogen) atoms. The van der Waals surface area contributed by atoms with Gasteiger partial charge in [-0.15, -0.1) is 11.8 Å². The number of carbonyl (C=O) groups is 2. The second kappa shape index (κ2) is 10.5. The number of ketones is 1. The van der Waals surface area contributed by atoms with Gasteiger partial charge in [0.25, 0.3) is 0 Å². The molecule has 0 saturated carbocycles. The van der Waals surface area contributed by atoms with Gasteiger partial charge >= 0.3 is 6.09 Å². The molecule has 0 fully saturated rings. The van der Waals surface area contributed by atoms with E-state index >= 15 is 0 Å². The average molecular weight is 287 g/mol. The van der Waals surface area contributed by atoms with Gasteiger partial charge in [0, 0.05) is 25.8 Å². The van der Waals surface area contributed by atoms with Crippen LogP contribution >= 0.6 is 0 Å². The maximum absolute atomic E-state index is 11.5. The van der Waals surface area contributed by atoms with Gasteiger partial charge in [-0.3, -0.25) is 4.79 Å². The Balaban J connectivity index is 2.05. The molecule has 4 nitrogen and oxygen atoms in total. The first-order valence-electron chi connectivity index (χ1n) is 7.08. The Labute approximate surface area is 125 Å². The molecule has 0 aliphatic carbocycles. The quantitative estimate of drug-likeness (QED) is 0.590. The topological polar surface area (TPSA) is 55.4 Å². The van der Waals surface area contributed by atoms with Crippen LogP contribution in [0.3, 0.4) is 0 Å². The Morgan fingerprint density at radius 1 is 1.19 bits per heavy atom. The molecule has 1 N–H and O–H groups in total. The molecule has 1 aromatic carbocycles. The molecular formula is C17H21NO3. The van der Waals surface area contributed by atoms with Crippen LogP contribution in [0.25, 0.3) is 0 Å². The van der Waals surface area contributed by atoms with Crippen molar-refractivity contribution in [2.24, 2.45) is 0 Å². The highest BCUT2D eigenvalue weighted by Crippen LogP contribution is 2.01. The van der Waals surface area contributed by atoms with Crippen LogP contribution in [0.5, 0.6) is 0 Å². The number of hydrogen-bond acceptors (Lipinski definition) is 3. The first-order valence-corrected chi connectivity index (χ1v) is 7.08. The summed E-state index contributed by atoms with van der Waals surface area (Å²) in [5.41, 5.74) is 0.944. The maximum Gasteiger partial charge on any atom is 0.407 e. The van der Waals surface area contributed by atoms with Crippen molar-refractivity contribution in [3.63, 3.8) is 0 Å². The minimum absolute atomic E-state index is 0.178. The summed E-state index contributed by atoms with van der Waals surface area (Å²) in [5.74, 6) is 5.79. The molecule has 1 amide bonds. The average Bonchev–Trinajstić information content (AvgIpc) is 2.51. The van der Waals surface area contributed by atoms with E-state index in [1.807, 2.05) is 30.3 Å². The molecule has 112 valence electrons. The SMILES string of the molecule is CC#CCCC(=O)CCCNC(=O)OCc1ccccc1. The van der Waals surface area contributed by atoms with E-state index in [0.29, 0.717) is 32.2 Å². The van der Waals surface area contributed by atoms with Crippen molar-refractivity contribution in [3.05, 3.63) is 35.9 Å². The number of ether oxygens (including phenoxy) is 1. The zero-order chi connectivity index (χ0) is 15.3. The summed E-state index contributed by atoms with van der Waals surface area (Å²) >= 11 is 0. The number of carbonyl (C=O) groups excluding carboxylic acids is 2. The number of rotatable bonds is 8. The first-order chi connectivity index (χ1) is 10.2. The third-order valence-corrected chi connectivity index (χ3v) is 2.82. The second-order valence-corrected chi connectivity index (χ2v) is 4.56. The summed E-state index contributed by atoms with van der Waals surface area (Å²) < 4.78 is 5.06. The van der Waals surface area contributed by atoms with Crippen LogP contribution < -0.4 is 5.32 Å². The summed E-state index contributed by atoms with van der Waals surface area (Å²) in [6.07, 6.45) is 1.73. The van der Waals surface area contributed by atoms with E-state index in [4.69, 9.17) is 4.74 Å². The predicted molar refractivity (Wildman–Crippen MR) is 81.6 cm³/mol. The van der Waals surface area contributed by atoms with E-state index in [1.54, 1.807) is 6.92 Å². The van der Waals surface area contributed by atoms with E-state index in [1.165, 1.54) is 0 Å². The molecule has 0 aliphatic heterocycles. The number of alkyl carbamates (subject to hydrolysis) is 1. The molecule has 0 saturated heterocycles. The number of Topliss-reactive ketones (excluding diaryl/α,β-unsaturated/α-hetero) is 1. The van der Waals surface area contributed by atoms with Crippen LogP contribution in [0.2, 0.25) is 0 Å². The smallest absolute Gasteiger partial charge is 0.407 e. The van der Waals surface area contributed by atoms with Gasteiger partial charge in [-0.25, -0.2) is 4.79 Å². The Kier molecular flexibility index (Phi) is 8.39. The van der Waals surface area contributed by atoms with E-state index in [2.05, 4.69) is 17.2 Å². The van der Waals surface area contributed by atoms with E-state index in [9.17, 15) is 9.59 Å². The molecular weight excluding hydrogens is 266 g/mol. The lowest BCUT2D eigenvalue weighted by Crippen LogP contribution is -2.25. The van der Waals surface area contributed by atoms with E-state index in [-0.39, 0.29) is 12.4 Å². The van der Waals surface area contributed by atoms with Crippen molar-refractivity contribution in [3.8, 4) is 11.8 Å². The van der Waals surface area contributed by atoms with Crippen LogP contribution in [-0.2, 0) is 16.1 Å². The summed E-state index contributed by atoms with van der Waals surface area (Å²) in [6, 6.07) is 9.49. The molecule has 0 heterocycles. The van der Waals surface area contributed by atoms with Gasteiger partial charge in [0.1, 0.15) is 12.4 Å². The number of benzene rings is 1. The fourth-order valence-corrected chi connectivity index (χ4v) is 1.70. The Morgan fingerprint density at radius 3 is 2.67 bits per heavy atom. The lowest BCUT2D eigenvalue weighted by Gasteiger charge is -2.06. The standard InChI is InChI=1S/C17H21NO3/c1-2-3-5-11-16(19)12-8-13-18-17(20)21-14-15-9-6-4-7-10-15/h4,6-7,9-10H,5,8,11-14H2,1H3,(H,18,20). The highest BCUT2D eigenvalue weighted by atomic mass is 16.5.